The summed E-state index contributed by atoms with van der Waals surface area (Å²) < 4.78 is 13.7. The van der Waals surface area contributed by atoms with E-state index in [0.29, 0.717) is 11.9 Å². The maximum absolute atomic E-state index is 5.86. The summed E-state index contributed by atoms with van der Waals surface area (Å²) in [6.07, 6.45) is 0. The zero-order valence-electron chi connectivity index (χ0n) is 13.0. The van der Waals surface area contributed by atoms with Crippen LogP contribution in [0.2, 0.25) is 0 Å². The van der Waals surface area contributed by atoms with E-state index in [1.807, 2.05) is 25.1 Å². The molecule has 1 aromatic carbocycles. The number of halogens is 1. The molecule has 0 radical (unpaired) electrons. The number of methoxy groups -OCH3 is 1. The number of benzene rings is 1. The van der Waals surface area contributed by atoms with E-state index in [-0.39, 0.29) is 21.5 Å². The van der Waals surface area contributed by atoms with Gasteiger partial charge in [0.1, 0.15) is 0 Å². The molecule has 22 heavy (non-hydrogen) atoms. The third-order valence-electron chi connectivity index (χ3n) is 3.80. The van der Waals surface area contributed by atoms with Crippen LogP contribution in [0.15, 0.2) is 22.6 Å². The van der Waals surface area contributed by atoms with Crippen molar-refractivity contribution in [3.63, 3.8) is 0 Å². The van der Waals surface area contributed by atoms with Crippen LogP contribution in [-0.4, -0.2) is 51.5 Å². The minimum atomic E-state index is 0.182. The Bertz CT molecular complexity index is 638. The molecule has 120 valence electrons. The van der Waals surface area contributed by atoms with Crippen molar-refractivity contribution in [2.75, 3.05) is 43.1 Å². The molecule has 1 aliphatic rings. The molecule has 0 atom stereocenters. The summed E-state index contributed by atoms with van der Waals surface area (Å²) >= 11 is 0.182. The van der Waals surface area contributed by atoms with Crippen molar-refractivity contribution in [2.45, 2.75) is 6.92 Å². The Morgan fingerprint density at radius 3 is 2.64 bits per heavy atom. The first-order valence-electron chi connectivity index (χ1n) is 7.19. The van der Waals surface area contributed by atoms with Gasteiger partial charge < -0.3 is 0 Å². The Hall–Kier alpha value is -1.35. The molecule has 1 saturated heterocycles. The van der Waals surface area contributed by atoms with E-state index in [1.165, 1.54) is 0 Å². The zero-order valence-corrected chi connectivity index (χ0v) is 15.2. The molecular formula is C15H20IN4O2-. The number of anilines is 1. The van der Waals surface area contributed by atoms with Gasteiger partial charge in [0.15, 0.2) is 0 Å². The first-order chi connectivity index (χ1) is 10.7. The van der Waals surface area contributed by atoms with Crippen molar-refractivity contribution in [1.82, 2.24) is 13.3 Å². The number of hydrogen-bond donors (Lipinski definition) is 0. The number of ether oxygens (including phenoxy) is 1. The number of hydrogen-bond acceptors (Lipinski definition) is 6. The molecule has 0 unspecified atom stereocenters. The summed E-state index contributed by atoms with van der Waals surface area (Å²) in [4.78, 5) is 4.46. The number of aromatic nitrogens is 2. The number of nitrogens with zero attached hydrogens (tertiary/aromatic N) is 4. The molecule has 0 bridgehead atoms. The van der Waals surface area contributed by atoms with Gasteiger partial charge in [-0.25, -0.2) is 0 Å². The fourth-order valence-corrected chi connectivity index (χ4v) is 3.85. The van der Waals surface area contributed by atoms with Crippen molar-refractivity contribution in [3.05, 3.63) is 23.8 Å². The minimum absolute atomic E-state index is 0.182. The van der Waals surface area contributed by atoms with Crippen LogP contribution in [-0.2, 0) is 0 Å². The van der Waals surface area contributed by atoms with Crippen LogP contribution in [0.3, 0.4) is 0 Å². The molecular weight excluding hydrogens is 395 g/mol. The normalized spacial score (nSPS) is 16.2. The molecule has 2 aromatic rings. The summed E-state index contributed by atoms with van der Waals surface area (Å²) in [6, 6.07) is 6.53. The second-order valence-corrected chi connectivity index (χ2v) is 7.47. The van der Waals surface area contributed by atoms with Crippen LogP contribution in [0.25, 0.3) is 11.5 Å². The van der Waals surface area contributed by atoms with Gasteiger partial charge in [-0.05, 0) is 0 Å². The predicted molar refractivity (Wildman–Crippen MR) is 80.7 cm³/mol. The van der Waals surface area contributed by atoms with Crippen LogP contribution >= 0.6 is 0 Å². The van der Waals surface area contributed by atoms with Crippen molar-refractivity contribution in [2.24, 2.45) is 0 Å². The van der Waals surface area contributed by atoms with Gasteiger partial charge in [-0.1, -0.05) is 0 Å². The monoisotopic (exact) mass is 415 g/mol. The van der Waals surface area contributed by atoms with Gasteiger partial charge in [-0.15, -0.1) is 0 Å². The Kier molecular flexibility index (Phi) is 4.82. The second kappa shape index (κ2) is 6.82. The molecule has 2 heterocycles. The molecule has 0 N–H and O–H groups in total. The number of piperazine rings is 1. The summed E-state index contributed by atoms with van der Waals surface area (Å²) in [5.74, 6) is 1.37. The quantitative estimate of drug-likeness (QED) is 0.356. The third kappa shape index (κ3) is 3.19. The number of aryl methyl sites for hydroxylation is 1. The van der Waals surface area contributed by atoms with Crippen LogP contribution in [0, 0.1) is 6.92 Å². The first kappa shape index (κ1) is 15.5. The molecule has 0 saturated carbocycles. The van der Waals surface area contributed by atoms with Gasteiger partial charge in [0, 0.05) is 0 Å². The fourth-order valence-electron chi connectivity index (χ4n) is 2.46. The molecule has 3 rings (SSSR count). The summed E-state index contributed by atoms with van der Waals surface area (Å²) in [5, 5.41) is 8.39. The Balaban J connectivity index is 1.76. The summed E-state index contributed by atoms with van der Waals surface area (Å²) in [7, 11) is 1.67. The van der Waals surface area contributed by atoms with E-state index in [2.05, 4.69) is 23.1 Å². The Morgan fingerprint density at radius 1 is 1.18 bits per heavy atom. The number of rotatable bonds is 4. The van der Waals surface area contributed by atoms with E-state index < -0.39 is 0 Å². The molecule has 0 spiro atoms. The van der Waals surface area contributed by atoms with Crippen molar-refractivity contribution in [1.29, 1.82) is 0 Å². The molecule has 0 aliphatic carbocycles. The molecule has 1 fully saturated rings. The average Bonchev–Trinajstić information content (AvgIpc) is 3.05. The van der Waals surface area contributed by atoms with E-state index in [1.54, 1.807) is 7.11 Å². The van der Waals surface area contributed by atoms with E-state index in [0.717, 1.165) is 43.1 Å². The van der Waals surface area contributed by atoms with Gasteiger partial charge >= 0.3 is 141 Å². The van der Waals surface area contributed by atoms with Gasteiger partial charge in [-0.2, -0.15) is 0 Å². The fraction of sp³-hybridized carbons (Fsp3) is 0.467. The zero-order chi connectivity index (χ0) is 15.5. The van der Waals surface area contributed by atoms with E-state index in [4.69, 9.17) is 9.15 Å². The predicted octanol–water partition coefficient (Wildman–Crippen LogP) is -1.19. The molecule has 6 nitrogen and oxygen atoms in total. The topological polar surface area (TPSA) is 54.6 Å². The van der Waals surface area contributed by atoms with Gasteiger partial charge in [-0.3, -0.25) is 0 Å². The van der Waals surface area contributed by atoms with Gasteiger partial charge in [0.25, 0.3) is 0 Å². The van der Waals surface area contributed by atoms with E-state index in [9.17, 15) is 0 Å². The van der Waals surface area contributed by atoms with Crippen LogP contribution in [0.4, 0.5) is 6.01 Å². The molecule has 1 aliphatic heterocycles. The Labute approximate surface area is 141 Å². The van der Waals surface area contributed by atoms with Crippen molar-refractivity contribution >= 4 is 6.01 Å². The SMILES string of the molecule is COc1cc(-c2nnc(N3CCN([I-]C)CC3)o2)ccc1C. The average molecular weight is 415 g/mol. The molecule has 0 amide bonds. The molecule has 7 heteroatoms. The maximum atomic E-state index is 5.86. The Morgan fingerprint density at radius 2 is 1.95 bits per heavy atom. The first-order valence-corrected chi connectivity index (χ1v) is 10.3. The third-order valence-corrected chi connectivity index (χ3v) is 6.13. The second-order valence-electron chi connectivity index (χ2n) is 5.14. The standard InChI is InChI=1S/C15H20IN4O2/c1-11-4-5-12(10-13(11)21-3)14-17-18-15(22-14)19-6-8-20(16-2)9-7-19/h4-5,10H,6-9H2,1-3H3/q-1. The van der Waals surface area contributed by atoms with Crippen LogP contribution < -0.4 is 31.1 Å². The van der Waals surface area contributed by atoms with Crippen LogP contribution in [0.5, 0.6) is 5.75 Å². The molecule has 1 aromatic heterocycles. The van der Waals surface area contributed by atoms with E-state index >= 15 is 0 Å². The van der Waals surface area contributed by atoms with Gasteiger partial charge in [0.05, 0.1) is 0 Å². The summed E-state index contributed by atoms with van der Waals surface area (Å²) in [6.45, 7) is 6.08. The van der Waals surface area contributed by atoms with Crippen LogP contribution in [0.1, 0.15) is 5.56 Å². The number of alkyl halides is 1. The van der Waals surface area contributed by atoms with Gasteiger partial charge in [0.2, 0.25) is 0 Å². The van der Waals surface area contributed by atoms with Crippen molar-refractivity contribution < 1.29 is 30.6 Å². The van der Waals surface area contributed by atoms with Crippen molar-refractivity contribution in [3.8, 4) is 17.2 Å². The summed E-state index contributed by atoms with van der Waals surface area (Å²) in [5.41, 5.74) is 1.98.